The lowest BCUT2D eigenvalue weighted by Crippen LogP contribution is -2.18. The molecule has 0 aliphatic heterocycles. The number of nitrogens with one attached hydrogen (secondary N) is 2. The van der Waals surface area contributed by atoms with Gasteiger partial charge in [-0.25, -0.2) is 0 Å². The van der Waals surface area contributed by atoms with Crippen molar-refractivity contribution in [1.82, 2.24) is 15.5 Å². The minimum atomic E-state index is -0.392. The standard InChI is InChI=1S/C13H17N3O2/c1-4-10-11(5-2)15-16-13(10)9(8-17)6-7-12(18)14-3/h4-5,8-9H,1-2,6-7H2,3H3,(H,14,18)(H,15,16). The van der Waals surface area contributed by atoms with E-state index in [4.69, 9.17) is 0 Å². The highest BCUT2D eigenvalue weighted by Crippen LogP contribution is 2.24. The van der Waals surface area contributed by atoms with Crippen LogP contribution in [0.4, 0.5) is 0 Å². The quantitative estimate of drug-likeness (QED) is 0.717. The van der Waals surface area contributed by atoms with E-state index in [0.717, 1.165) is 11.8 Å². The monoisotopic (exact) mass is 247 g/mol. The van der Waals surface area contributed by atoms with Gasteiger partial charge in [0.15, 0.2) is 0 Å². The highest BCUT2D eigenvalue weighted by Gasteiger charge is 2.19. The maximum absolute atomic E-state index is 11.2. The molecule has 1 aromatic heterocycles. The molecule has 0 aliphatic carbocycles. The van der Waals surface area contributed by atoms with Crippen LogP contribution in [0.25, 0.3) is 12.2 Å². The average Bonchev–Trinajstić information content (AvgIpc) is 2.81. The fraction of sp³-hybridized carbons (Fsp3) is 0.308. The average molecular weight is 247 g/mol. The number of nitrogens with zero attached hydrogens (tertiary/aromatic N) is 1. The van der Waals surface area contributed by atoms with Crippen molar-refractivity contribution in [2.24, 2.45) is 0 Å². The van der Waals surface area contributed by atoms with Crippen molar-refractivity contribution in [3.8, 4) is 0 Å². The minimum Gasteiger partial charge on any atom is -0.359 e. The topological polar surface area (TPSA) is 74.8 Å². The molecule has 18 heavy (non-hydrogen) atoms. The smallest absolute Gasteiger partial charge is 0.219 e. The molecule has 1 rings (SSSR count). The predicted molar refractivity (Wildman–Crippen MR) is 70.9 cm³/mol. The third kappa shape index (κ3) is 2.94. The molecular weight excluding hydrogens is 230 g/mol. The van der Waals surface area contributed by atoms with E-state index in [-0.39, 0.29) is 5.91 Å². The summed E-state index contributed by atoms with van der Waals surface area (Å²) < 4.78 is 0. The van der Waals surface area contributed by atoms with Crippen LogP contribution in [-0.2, 0) is 9.59 Å². The van der Waals surface area contributed by atoms with Crippen molar-refractivity contribution >= 4 is 24.3 Å². The van der Waals surface area contributed by atoms with Crippen molar-refractivity contribution < 1.29 is 9.59 Å². The molecule has 0 bridgehead atoms. The number of amides is 1. The van der Waals surface area contributed by atoms with E-state index >= 15 is 0 Å². The molecule has 1 unspecified atom stereocenters. The Balaban J connectivity index is 2.91. The number of carbonyl (C=O) groups excluding carboxylic acids is 2. The van der Waals surface area contributed by atoms with E-state index in [1.165, 1.54) is 0 Å². The number of hydrogen-bond acceptors (Lipinski definition) is 3. The summed E-state index contributed by atoms with van der Waals surface area (Å²) >= 11 is 0. The molecular formula is C13H17N3O2. The first-order valence-electron chi connectivity index (χ1n) is 5.66. The van der Waals surface area contributed by atoms with Crippen molar-refractivity contribution in [3.05, 3.63) is 30.1 Å². The van der Waals surface area contributed by atoms with Gasteiger partial charge >= 0.3 is 0 Å². The third-order valence-electron chi connectivity index (χ3n) is 2.76. The van der Waals surface area contributed by atoms with Crippen LogP contribution in [0, 0.1) is 0 Å². The largest absolute Gasteiger partial charge is 0.359 e. The summed E-state index contributed by atoms with van der Waals surface area (Å²) in [7, 11) is 1.57. The van der Waals surface area contributed by atoms with Crippen LogP contribution in [-0.4, -0.2) is 29.4 Å². The molecule has 1 aromatic rings. The van der Waals surface area contributed by atoms with Crippen LogP contribution in [0.2, 0.25) is 0 Å². The second-order valence-corrected chi connectivity index (χ2v) is 3.80. The van der Waals surface area contributed by atoms with Crippen LogP contribution in [0.3, 0.4) is 0 Å². The second-order valence-electron chi connectivity index (χ2n) is 3.80. The molecule has 1 heterocycles. The summed E-state index contributed by atoms with van der Waals surface area (Å²) in [4.78, 5) is 22.3. The van der Waals surface area contributed by atoms with Gasteiger partial charge in [0.25, 0.3) is 0 Å². The second kappa shape index (κ2) is 6.54. The normalized spacial score (nSPS) is 11.6. The molecule has 5 nitrogen and oxygen atoms in total. The van der Waals surface area contributed by atoms with Gasteiger partial charge in [0, 0.05) is 19.0 Å². The molecule has 0 aliphatic rings. The van der Waals surface area contributed by atoms with E-state index < -0.39 is 5.92 Å². The fourth-order valence-electron chi connectivity index (χ4n) is 1.72. The Morgan fingerprint density at radius 1 is 1.50 bits per heavy atom. The summed E-state index contributed by atoms with van der Waals surface area (Å²) in [5, 5.41) is 9.39. The Bertz CT molecular complexity index is 463. The highest BCUT2D eigenvalue weighted by molar-refractivity contribution is 5.77. The molecule has 2 N–H and O–H groups in total. The number of aromatic amines is 1. The molecule has 5 heteroatoms. The van der Waals surface area contributed by atoms with Crippen LogP contribution in [0.5, 0.6) is 0 Å². The van der Waals surface area contributed by atoms with Gasteiger partial charge in [-0.1, -0.05) is 19.2 Å². The first-order chi connectivity index (χ1) is 8.67. The molecule has 96 valence electrons. The van der Waals surface area contributed by atoms with Gasteiger partial charge in [0.05, 0.1) is 17.3 Å². The van der Waals surface area contributed by atoms with E-state index in [2.05, 4.69) is 28.7 Å². The lowest BCUT2D eigenvalue weighted by atomic mass is 9.96. The third-order valence-corrected chi connectivity index (χ3v) is 2.76. The summed E-state index contributed by atoms with van der Waals surface area (Å²) in [6.07, 6.45) is 4.77. The van der Waals surface area contributed by atoms with Crippen LogP contribution in [0.15, 0.2) is 13.2 Å². The Labute approximate surface area is 106 Å². The van der Waals surface area contributed by atoms with Gasteiger partial charge < -0.3 is 10.1 Å². The van der Waals surface area contributed by atoms with Crippen molar-refractivity contribution in [2.45, 2.75) is 18.8 Å². The van der Waals surface area contributed by atoms with Crippen molar-refractivity contribution in [1.29, 1.82) is 0 Å². The first-order valence-corrected chi connectivity index (χ1v) is 5.66. The van der Waals surface area contributed by atoms with Gasteiger partial charge in [-0.15, -0.1) is 0 Å². The van der Waals surface area contributed by atoms with Crippen LogP contribution < -0.4 is 5.32 Å². The summed E-state index contributed by atoms with van der Waals surface area (Å²) in [5.74, 6) is -0.484. The van der Waals surface area contributed by atoms with Crippen molar-refractivity contribution in [2.75, 3.05) is 7.05 Å². The van der Waals surface area contributed by atoms with Crippen LogP contribution >= 0.6 is 0 Å². The maximum atomic E-state index is 11.2. The molecule has 0 saturated carbocycles. The van der Waals surface area contributed by atoms with Gasteiger partial charge in [0.1, 0.15) is 6.29 Å². The Kier molecular flexibility index (Phi) is 5.05. The first kappa shape index (κ1) is 13.9. The van der Waals surface area contributed by atoms with Gasteiger partial charge in [-0.3, -0.25) is 9.89 Å². The fourth-order valence-corrected chi connectivity index (χ4v) is 1.72. The highest BCUT2D eigenvalue weighted by atomic mass is 16.1. The maximum Gasteiger partial charge on any atom is 0.219 e. The SMILES string of the molecule is C=Cc1n[nH]c(C(C=O)CCC(=O)NC)c1C=C. The molecule has 0 fully saturated rings. The van der Waals surface area contributed by atoms with E-state index in [1.807, 2.05) is 0 Å². The van der Waals surface area contributed by atoms with E-state index in [1.54, 1.807) is 19.2 Å². The Hall–Kier alpha value is -2.17. The molecule has 0 spiro atoms. The number of aldehydes is 1. The molecule has 1 atom stereocenters. The van der Waals surface area contributed by atoms with Crippen molar-refractivity contribution in [3.63, 3.8) is 0 Å². The van der Waals surface area contributed by atoms with Gasteiger partial charge in [-0.2, -0.15) is 5.10 Å². The zero-order chi connectivity index (χ0) is 13.5. The number of H-pyrrole nitrogens is 1. The predicted octanol–water partition coefficient (Wildman–Crippen LogP) is 1.50. The van der Waals surface area contributed by atoms with E-state index in [0.29, 0.717) is 24.2 Å². The molecule has 1 amide bonds. The zero-order valence-corrected chi connectivity index (χ0v) is 10.4. The molecule has 0 aromatic carbocycles. The number of rotatable bonds is 7. The van der Waals surface area contributed by atoms with Gasteiger partial charge in [0.2, 0.25) is 5.91 Å². The Morgan fingerprint density at radius 2 is 2.22 bits per heavy atom. The number of carbonyl (C=O) groups is 2. The molecule has 0 radical (unpaired) electrons. The lowest BCUT2D eigenvalue weighted by molar-refractivity contribution is -0.120. The summed E-state index contributed by atoms with van der Waals surface area (Å²) in [6, 6.07) is 0. The Morgan fingerprint density at radius 3 is 2.72 bits per heavy atom. The number of hydrogen-bond donors (Lipinski definition) is 2. The zero-order valence-electron chi connectivity index (χ0n) is 10.4. The van der Waals surface area contributed by atoms with E-state index in [9.17, 15) is 9.59 Å². The minimum absolute atomic E-state index is 0.0922. The summed E-state index contributed by atoms with van der Waals surface area (Å²) in [6.45, 7) is 7.34. The number of aromatic nitrogens is 2. The molecule has 0 saturated heterocycles. The van der Waals surface area contributed by atoms with Gasteiger partial charge in [-0.05, 0) is 12.5 Å². The summed E-state index contributed by atoms with van der Waals surface area (Å²) in [5.41, 5.74) is 2.10. The van der Waals surface area contributed by atoms with Crippen LogP contribution in [0.1, 0.15) is 35.7 Å². The lowest BCUT2D eigenvalue weighted by Gasteiger charge is -2.08.